The van der Waals surface area contributed by atoms with Crippen molar-refractivity contribution in [3.05, 3.63) is 95.8 Å². The number of hydrogen-bond donors (Lipinski definition) is 1. The van der Waals surface area contributed by atoms with E-state index in [1.54, 1.807) is 24.5 Å². The molecular weight excluding hydrogens is 314 g/mol. The SMILES string of the molecule is O=C(N/N=C/c1ccc(OCc2ccccc2)cc1)c1cccnc1. The summed E-state index contributed by atoms with van der Waals surface area (Å²) in [6, 6.07) is 20.9. The van der Waals surface area contributed by atoms with Gasteiger partial charge in [0.1, 0.15) is 12.4 Å². The van der Waals surface area contributed by atoms with E-state index in [1.807, 2.05) is 54.6 Å². The van der Waals surface area contributed by atoms with Crippen molar-refractivity contribution in [3.8, 4) is 5.75 Å². The van der Waals surface area contributed by atoms with E-state index in [2.05, 4.69) is 15.5 Å². The number of carbonyl (C=O) groups is 1. The van der Waals surface area contributed by atoms with Gasteiger partial charge < -0.3 is 4.74 Å². The highest BCUT2D eigenvalue weighted by Gasteiger charge is 2.02. The van der Waals surface area contributed by atoms with Crippen LogP contribution >= 0.6 is 0 Å². The third kappa shape index (κ3) is 5.00. The Bertz CT molecular complexity index is 832. The summed E-state index contributed by atoms with van der Waals surface area (Å²) in [7, 11) is 0. The van der Waals surface area contributed by atoms with Gasteiger partial charge in [-0.05, 0) is 47.5 Å². The summed E-state index contributed by atoms with van der Waals surface area (Å²) in [5, 5.41) is 3.95. The number of benzene rings is 2. The van der Waals surface area contributed by atoms with Gasteiger partial charge in [0.05, 0.1) is 11.8 Å². The molecule has 0 aliphatic rings. The molecule has 1 N–H and O–H groups in total. The van der Waals surface area contributed by atoms with Gasteiger partial charge in [0, 0.05) is 12.4 Å². The molecule has 1 amide bonds. The fourth-order valence-electron chi connectivity index (χ4n) is 2.12. The number of ether oxygens (including phenoxy) is 1. The zero-order chi connectivity index (χ0) is 17.3. The van der Waals surface area contributed by atoms with Crippen molar-refractivity contribution in [1.82, 2.24) is 10.4 Å². The minimum absolute atomic E-state index is 0.299. The topological polar surface area (TPSA) is 63.6 Å². The lowest BCUT2D eigenvalue weighted by molar-refractivity contribution is 0.0955. The Hall–Kier alpha value is -3.47. The number of aromatic nitrogens is 1. The van der Waals surface area contributed by atoms with E-state index in [1.165, 1.54) is 6.20 Å². The molecule has 0 saturated carbocycles. The summed E-state index contributed by atoms with van der Waals surface area (Å²) in [4.78, 5) is 15.7. The van der Waals surface area contributed by atoms with Crippen LogP contribution in [0.1, 0.15) is 21.5 Å². The summed E-state index contributed by atoms with van der Waals surface area (Å²) in [5.41, 5.74) is 4.91. The third-order valence-corrected chi connectivity index (χ3v) is 3.43. The van der Waals surface area contributed by atoms with E-state index in [0.29, 0.717) is 12.2 Å². The zero-order valence-electron chi connectivity index (χ0n) is 13.5. The summed E-state index contributed by atoms with van der Waals surface area (Å²) in [5.74, 6) is 0.479. The van der Waals surface area contributed by atoms with Gasteiger partial charge in [0.2, 0.25) is 0 Å². The molecule has 0 atom stereocenters. The number of amides is 1. The molecule has 0 aliphatic carbocycles. The number of carbonyl (C=O) groups excluding carboxylic acids is 1. The number of hydrazone groups is 1. The van der Waals surface area contributed by atoms with Crippen LogP contribution in [0.3, 0.4) is 0 Å². The fourth-order valence-corrected chi connectivity index (χ4v) is 2.12. The van der Waals surface area contributed by atoms with Crippen LogP contribution in [0.25, 0.3) is 0 Å². The van der Waals surface area contributed by atoms with Crippen molar-refractivity contribution in [2.75, 3.05) is 0 Å². The number of rotatable bonds is 6. The molecular formula is C20H17N3O2. The van der Waals surface area contributed by atoms with Gasteiger partial charge in [-0.1, -0.05) is 30.3 Å². The minimum Gasteiger partial charge on any atom is -0.489 e. The second-order valence-corrected chi connectivity index (χ2v) is 5.28. The molecule has 1 heterocycles. The molecule has 0 radical (unpaired) electrons. The van der Waals surface area contributed by atoms with Gasteiger partial charge in [-0.15, -0.1) is 0 Å². The molecule has 124 valence electrons. The van der Waals surface area contributed by atoms with E-state index in [4.69, 9.17) is 4.74 Å². The molecule has 3 aromatic rings. The first-order valence-corrected chi connectivity index (χ1v) is 7.81. The predicted molar refractivity (Wildman–Crippen MR) is 96.5 cm³/mol. The summed E-state index contributed by atoms with van der Waals surface area (Å²) in [6.45, 7) is 0.523. The van der Waals surface area contributed by atoms with Gasteiger partial charge >= 0.3 is 0 Å². The zero-order valence-corrected chi connectivity index (χ0v) is 13.5. The third-order valence-electron chi connectivity index (χ3n) is 3.43. The van der Waals surface area contributed by atoms with Gasteiger partial charge in [-0.3, -0.25) is 9.78 Å². The lowest BCUT2D eigenvalue weighted by Crippen LogP contribution is -2.17. The predicted octanol–water partition coefficient (Wildman–Crippen LogP) is 3.42. The Labute approximate surface area is 146 Å². The van der Waals surface area contributed by atoms with Crippen molar-refractivity contribution in [2.45, 2.75) is 6.61 Å². The van der Waals surface area contributed by atoms with Crippen molar-refractivity contribution < 1.29 is 9.53 Å². The normalized spacial score (nSPS) is 10.6. The Morgan fingerprint density at radius 3 is 2.56 bits per heavy atom. The monoisotopic (exact) mass is 331 g/mol. The maximum atomic E-state index is 11.8. The molecule has 0 saturated heterocycles. The van der Waals surface area contributed by atoms with Crippen molar-refractivity contribution in [3.63, 3.8) is 0 Å². The van der Waals surface area contributed by atoms with E-state index < -0.39 is 0 Å². The molecule has 0 aliphatic heterocycles. The molecule has 2 aromatic carbocycles. The van der Waals surface area contributed by atoms with Crippen LogP contribution in [-0.4, -0.2) is 17.1 Å². The Morgan fingerprint density at radius 1 is 1.04 bits per heavy atom. The Morgan fingerprint density at radius 2 is 1.84 bits per heavy atom. The first-order valence-electron chi connectivity index (χ1n) is 7.81. The van der Waals surface area contributed by atoms with E-state index in [9.17, 15) is 4.79 Å². The highest BCUT2D eigenvalue weighted by atomic mass is 16.5. The van der Waals surface area contributed by atoms with Crippen LogP contribution < -0.4 is 10.2 Å². The molecule has 0 fully saturated rings. The molecule has 0 unspecified atom stereocenters. The second kappa shape index (κ2) is 8.40. The fraction of sp³-hybridized carbons (Fsp3) is 0.0500. The largest absolute Gasteiger partial charge is 0.489 e. The van der Waals surface area contributed by atoms with Crippen molar-refractivity contribution in [2.24, 2.45) is 5.10 Å². The first-order chi connectivity index (χ1) is 12.3. The van der Waals surface area contributed by atoms with Gasteiger partial charge in [-0.2, -0.15) is 5.10 Å². The van der Waals surface area contributed by atoms with Crippen LogP contribution in [-0.2, 0) is 6.61 Å². The quantitative estimate of drug-likeness (QED) is 0.556. The smallest absolute Gasteiger partial charge is 0.272 e. The van der Waals surface area contributed by atoms with Crippen LogP contribution in [0, 0.1) is 0 Å². The number of hydrogen-bond acceptors (Lipinski definition) is 4. The van der Waals surface area contributed by atoms with Gasteiger partial charge in [0.15, 0.2) is 0 Å². The van der Waals surface area contributed by atoms with Crippen molar-refractivity contribution >= 4 is 12.1 Å². The van der Waals surface area contributed by atoms with E-state index in [-0.39, 0.29) is 5.91 Å². The molecule has 0 bridgehead atoms. The maximum Gasteiger partial charge on any atom is 0.272 e. The highest BCUT2D eigenvalue weighted by molar-refractivity contribution is 5.94. The van der Waals surface area contributed by atoms with E-state index in [0.717, 1.165) is 16.9 Å². The lowest BCUT2D eigenvalue weighted by Gasteiger charge is -2.06. The minimum atomic E-state index is -0.299. The summed E-state index contributed by atoms with van der Waals surface area (Å²) >= 11 is 0. The number of pyridine rings is 1. The standard InChI is InChI=1S/C20H17N3O2/c24-20(18-7-4-12-21-14-18)23-22-13-16-8-10-19(11-9-16)25-15-17-5-2-1-3-6-17/h1-14H,15H2,(H,23,24)/b22-13+. The molecule has 5 heteroatoms. The maximum absolute atomic E-state index is 11.8. The number of nitrogens with one attached hydrogen (secondary N) is 1. The molecule has 1 aromatic heterocycles. The lowest BCUT2D eigenvalue weighted by atomic mass is 10.2. The molecule has 3 rings (SSSR count). The first kappa shape index (κ1) is 16.4. The summed E-state index contributed by atoms with van der Waals surface area (Å²) < 4.78 is 5.73. The van der Waals surface area contributed by atoms with Crippen LogP contribution in [0.2, 0.25) is 0 Å². The highest BCUT2D eigenvalue weighted by Crippen LogP contribution is 2.13. The average Bonchev–Trinajstić information content (AvgIpc) is 2.69. The molecule has 5 nitrogen and oxygen atoms in total. The van der Waals surface area contributed by atoms with Crippen LogP contribution in [0.5, 0.6) is 5.75 Å². The number of nitrogens with zero attached hydrogens (tertiary/aromatic N) is 2. The average molecular weight is 331 g/mol. The van der Waals surface area contributed by atoms with E-state index >= 15 is 0 Å². The van der Waals surface area contributed by atoms with Crippen LogP contribution in [0.15, 0.2) is 84.2 Å². The molecule has 0 spiro atoms. The van der Waals surface area contributed by atoms with Crippen molar-refractivity contribution in [1.29, 1.82) is 0 Å². The summed E-state index contributed by atoms with van der Waals surface area (Å²) in [6.07, 6.45) is 4.68. The van der Waals surface area contributed by atoms with Crippen LogP contribution in [0.4, 0.5) is 0 Å². The second-order valence-electron chi connectivity index (χ2n) is 5.28. The Kier molecular flexibility index (Phi) is 5.51. The van der Waals surface area contributed by atoms with Gasteiger partial charge in [-0.25, -0.2) is 5.43 Å². The molecule has 25 heavy (non-hydrogen) atoms. The van der Waals surface area contributed by atoms with Gasteiger partial charge in [0.25, 0.3) is 5.91 Å². The Balaban J connectivity index is 1.51.